The first-order valence-electron chi connectivity index (χ1n) is 7.72. The van der Waals surface area contributed by atoms with Gasteiger partial charge >= 0.3 is 0 Å². The zero-order valence-electron chi connectivity index (χ0n) is 13.7. The lowest BCUT2D eigenvalue weighted by Gasteiger charge is -2.31. The number of para-hydroxylation sites is 1. The summed E-state index contributed by atoms with van der Waals surface area (Å²) in [5, 5.41) is 12.9. The highest BCUT2D eigenvalue weighted by Gasteiger charge is 2.23. The van der Waals surface area contributed by atoms with Gasteiger partial charge in [-0.15, -0.1) is 0 Å². The van der Waals surface area contributed by atoms with Crippen molar-refractivity contribution in [2.45, 2.75) is 51.6 Å². The number of aliphatic hydroxyl groups is 1. The highest BCUT2D eigenvalue weighted by Crippen LogP contribution is 2.19. The highest BCUT2D eigenvalue weighted by molar-refractivity contribution is 5.46. The quantitative estimate of drug-likeness (QED) is 0.687. The predicted octanol–water partition coefficient (Wildman–Crippen LogP) is 3.18. The minimum absolute atomic E-state index is 0.133. The molecule has 1 atom stereocenters. The normalized spacial score (nSPS) is 14.2. The van der Waals surface area contributed by atoms with Gasteiger partial charge in [-0.05, 0) is 38.3 Å². The largest absolute Gasteiger partial charge is 0.394 e. The van der Waals surface area contributed by atoms with E-state index < -0.39 is 0 Å². The number of aliphatic hydroxyl groups excluding tert-OH is 1. The molecule has 0 saturated heterocycles. The number of unbranched alkanes of at least 4 members (excludes halogenated alkanes) is 1. The van der Waals surface area contributed by atoms with Crippen LogP contribution in [0.4, 0.5) is 10.1 Å². The summed E-state index contributed by atoms with van der Waals surface area (Å²) in [6.45, 7) is 7.16. The van der Waals surface area contributed by atoms with Crippen molar-refractivity contribution in [2.24, 2.45) is 0 Å². The summed E-state index contributed by atoms with van der Waals surface area (Å²) in [4.78, 5) is 1.95. The fourth-order valence-corrected chi connectivity index (χ4v) is 2.64. The van der Waals surface area contributed by atoms with Gasteiger partial charge in [0.05, 0.1) is 12.3 Å². The van der Waals surface area contributed by atoms with E-state index in [1.54, 1.807) is 12.1 Å². The third-order valence-electron chi connectivity index (χ3n) is 3.72. The number of rotatable bonds is 9. The maximum absolute atomic E-state index is 13.7. The fourth-order valence-electron chi connectivity index (χ4n) is 2.64. The molecule has 0 bridgehead atoms. The summed E-state index contributed by atoms with van der Waals surface area (Å²) in [6, 6.07) is 7.19. The zero-order valence-corrected chi connectivity index (χ0v) is 13.7. The van der Waals surface area contributed by atoms with Crippen molar-refractivity contribution in [3.05, 3.63) is 30.1 Å². The molecule has 1 unspecified atom stereocenters. The van der Waals surface area contributed by atoms with Crippen molar-refractivity contribution >= 4 is 5.69 Å². The van der Waals surface area contributed by atoms with E-state index >= 15 is 0 Å². The first kappa shape index (κ1) is 17.9. The number of halogens is 1. The first-order chi connectivity index (χ1) is 9.88. The Morgan fingerprint density at radius 1 is 1.29 bits per heavy atom. The van der Waals surface area contributed by atoms with Gasteiger partial charge in [-0.2, -0.15) is 0 Å². The van der Waals surface area contributed by atoms with E-state index in [4.69, 9.17) is 0 Å². The van der Waals surface area contributed by atoms with Crippen LogP contribution in [0.25, 0.3) is 0 Å². The molecular weight excluding hydrogens is 267 g/mol. The average Bonchev–Trinajstić information content (AvgIpc) is 2.43. The molecule has 1 aromatic rings. The van der Waals surface area contributed by atoms with E-state index in [1.807, 2.05) is 24.9 Å². The van der Waals surface area contributed by atoms with Gasteiger partial charge in [0.2, 0.25) is 0 Å². The van der Waals surface area contributed by atoms with E-state index in [0.29, 0.717) is 11.7 Å². The molecule has 0 amide bonds. The van der Waals surface area contributed by atoms with E-state index in [2.05, 4.69) is 19.2 Å². The molecular formula is C17H29FN2O. The number of benzene rings is 1. The average molecular weight is 296 g/mol. The molecule has 2 N–H and O–H groups in total. The Morgan fingerprint density at radius 2 is 1.95 bits per heavy atom. The molecule has 0 aliphatic rings. The Balaban J connectivity index is 2.38. The highest BCUT2D eigenvalue weighted by atomic mass is 19.1. The van der Waals surface area contributed by atoms with Crippen LogP contribution in [-0.4, -0.2) is 36.9 Å². The van der Waals surface area contributed by atoms with Crippen molar-refractivity contribution in [3.8, 4) is 0 Å². The maximum atomic E-state index is 13.7. The Labute approximate surface area is 128 Å². The minimum atomic E-state index is -0.231. The molecule has 4 heteroatoms. The maximum Gasteiger partial charge on any atom is 0.146 e. The molecule has 0 aliphatic carbocycles. The van der Waals surface area contributed by atoms with Gasteiger partial charge in [0, 0.05) is 25.2 Å². The summed E-state index contributed by atoms with van der Waals surface area (Å²) in [5.74, 6) is -0.179. The van der Waals surface area contributed by atoms with E-state index in [9.17, 15) is 9.50 Å². The number of anilines is 1. The summed E-state index contributed by atoms with van der Waals surface area (Å²) in [7, 11) is 1.91. The van der Waals surface area contributed by atoms with Crippen LogP contribution < -0.4 is 10.2 Å². The van der Waals surface area contributed by atoms with Gasteiger partial charge in [0.25, 0.3) is 0 Å². The number of nitrogens with zero attached hydrogens (tertiary/aromatic N) is 1. The SMILES string of the molecule is CC(C)NC(C)(CO)CCCCN(C)c1ccccc1F. The second kappa shape index (κ2) is 8.35. The molecule has 1 aromatic carbocycles. The standard InChI is InChI=1S/C17H29FN2O/c1-14(2)19-17(3,13-21)11-7-8-12-20(4)16-10-6-5-9-15(16)18/h5-6,9-10,14,19,21H,7-8,11-13H2,1-4H3. The van der Waals surface area contributed by atoms with Crippen LogP contribution in [0, 0.1) is 5.82 Å². The molecule has 0 heterocycles. The van der Waals surface area contributed by atoms with Gasteiger partial charge in [0.15, 0.2) is 0 Å². The molecule has 0 aliphatic heterocycles. The molecule has 0 aromatic heterocycles. The van der Waals surface area contributed by atoms with Crippen LogP contribution in [0.5, 0.6) is 0 Å². The van der Waals surface area contributed by atoms with Gasteiger partial charge in [0.1, 0.15) is 5.82 Å². The van der Waals surface area contributed by atoms with Gasteiger partial charge in [-0.3, -0.25) is 0 Å². The first-order valence-corrected chi connectivity index (χ1v) is 7.72. The minimum Gasteiger partial charge on any atom is -0.394 e. The summed E-state index contributed by atoms with van der Waals surface area (Å²) < 4.78 is 13.7. The molecule has 3 nitrogen and oxygen atoms in total. The van der Waals surface area contributed by atoms with E-state index in [1.165, 1.54) is 6.07 Å². The van der Waals surface area contributed by atoms with Gasteiger partial charge in [-0.1, -0.05) is 26.0 Å². The van der Waals surface area contributed by atoms with Crippen LogP contribution in [0.1, 0.15) is 40.0 Å². The van der Waals surface area contributed by atoms with Crippen molar-refractivity contribution in [3.63, 3.8) is 0 Å². The van der Waals surface area contributed by atoms with Crippen molar-refractivity contribution in [2.75, 3.05) is 25.1 Å². The summed E-state index contributed by atoms with van der Waals surface area (Å²) >= 11 is 0. The second-order valence-corrected chi connectivity index (χ2v) is 6.35. The van der Waals surface area contributed by atoms with Crippen LogP contribution in [0.2, 0.25) is 0 Å². The Hall–Kier alpha value is -1.13. The second-order valence-electron chi connectivity index (χ2n) is 6.35. The lowest BCUT2D eigenvalue weighted by atomic mass is 9.94. The molecule has 0 spiro atoms. The number of nitrogens with one attached hydrogen (secondary N) is 1. The Morgan fingerprint density at radius 3 is 2.52 bits per heavy atom. The molecule has 0 radical (unpaired) electrons. The number of hydrogen-bond donors (Lipinski definition) is 2. The summed E-state index contributed by atoms with van der Waals surface area (Å²) in [5.41, 5.74) is 0.410. The van der Waals surface area contributed by atoms with Gasteiger partial charge in [-0.25, -0.2) is 4.39 Å². The summed E-state index contributed by atoms with van der Waals surface area (Å²) in [6.07, 6.45) is 2.88. The van der Waals surface area contributed by atoms with Gasteiger partial charge < -0.3 is 15.3 Å². The lowest BCUT2D eigenvalue weighted by molar-refractivity contribution is 0.154. The fraction of sp³-hybridized carbons (Fsp3) is 0.647. The molecule has 1 rings (SSSR count). The zero-order chi connectivity index (χ0) is 15.9. The van der Waals surface area contributed by atoms with Crippen LogP contribution in [0.3, 0.4) is 0 Å². The Bertz CT molecular complexity index is 425. The molecule has 21 heavy (non-hydrogen) atoms. The van der Waals surface area contributed by atoms with Crippen LogP contribution in [0.15, 0.2) is 24.3 Å². The number of hydrogen-bond acceptors (Lipinski definition) is 3. The van der Waals surface area contributed by atoms with Crippen molar-refractivity contribution in [1.82, 2.24) is 5.32 Å². The smallest absolute Gasteiger partial charge is 0.146 e. The van der Waals surface area contributed by atoms with Crippen LogP contribution in [-0.2, 0) is 0 Å². The van der Waals surface area contributed by atoms with Crippen molar-refractivity contribution < 1.29 is 9.50 Å². The van der Waals surface area contributed by atoms with Crippen molar-refractivity contribution in [1.29, 1.82) is 0 Å². The monoisotopic (exact) mass is 296 g/mol. The molecule has 120 valence electrons. The van der Waals surface area contributed by atoms with E-state index in [-0.39, 0.29) is 18.0 Å². The van der Waals surface area contributed by atoms with Crippen LogP contribution >= 0.6 is 0 Å². The third kappa shape index (κ3) is 6.02. The van der Waals surface area contributed by atoms with E-state index in [0.717, 1.165) is 25.8 Å². The molecule has 0 fully saturated rings. The lowest BCUT2D eigenvalue weighted by Crippen LogP contribution is -2.49. The Kier molecular flexibility index (Phi) is 7.12. The molecule has 0 saturated carbocycles. The predicted molar refractivity (Wildman–Crippen MR) is 87.3 cm³/mol. The topological polar surface area (TPSA) is 35.5 Å². The third-order valence-corrected chi connectivity index (χ3v) is 3.72.